The fourth-order valence-corrected chi connectivity index (χ4v) is 2.19. The third-order valence-corrected chi connectivity index (χ3v) is 2.91. The van der Waals surface area contributed by atoms with E-state index in [9.17, 15) is 9.59 Å². The zero-order valence-electron chi connectivity index (χ0n) is 6.36. The van der Waals surface area contributed by atoms with Crippen LogP contribution >= 0.6 is 12.6 Å². The van der Waals surface area contributed by atoms with Crippen molar-refractivity contribution in [2.24, 2.45) is 11.8 Å². The van der Waals surface area contributed by atoms with Gasteiger partial charge in [-0.15, -0.1) is 0 Å². The molecule has 2 rings (SSSR count). The zero-order chi connectivity index (χ0) is 8.72. The van der Waals surface area contributed by atoms with Gasteiger partial charge in [0, 0.05) is 5.25 Å². The van der Waals surface area contributed by atoms with Gasteiger partial charge < -0.3 is 0 Å². The van der Waals surface area contributed by atoms with Crippen molar-refractivity contribution < 1.29 is 9.59 Å². The van der Waals surface area contributed by atoms with Crippen LogP contribution < -0.4 is 5.32 Å². The molecule has 0 aromatic rings. The molecule has 2 amide bonds. The average Bonchev–Trinajstić information content (AvgIpc) is 2.29. The Balaban J connectivity index is 2.34. The maximum absolute atomic E-state index is 11.2. The lowest BCUT2D eigenvalue weighted by Gasteiger charge is -2.21. The Morgan fingerprint density at radius 3 is 2.83 bits per heavy atom. The first kappa shape index (κ1) is 7.86. The number of carbonyl (C=O) groups is 2. The summed E-state index contributed by atoms with van der Waals surface area (Å²) in [6.07, 6.45) is 4.49. The van der Waals surface area contributed by atoms with E-state index in [-0.39, 0.29) is 28.9 Å². The van der Waals surface area contributed by atoms with Gasteiger partial charge in [0.1, 0.15) is 0 Å². The van der Waals surface area contributed by atoms with E-state index in [0.29, 0.717) is 0 Å². The van der Waals surface area contributed by atoms with Crippen molar-refractivity contribution in [1.82, 2.24) is 5.32 Å². The molecule has 12 heavy (non-hydrogen) atoms. The molecule has 1 aliphatic heterocycles. The van der Waals surface area contributed by atoms with Crippen molar-refractivity contribution in [2.45, 2.75) is 11.7 Å². The third kappa shape index (κ3) is 0.982. The second-order valence-corrected chi connectivity index (χ2v) is 3.80. The zero-order valence-corrected chi connectivity index (χ0v) is 7.25. The molecule has 64 valence electrons. The molecule has 3 nitrogen and oxygen atoms in total. The number of thiol groups is 1. The highest BCUT2D eigenvalue weighted by molar-refractivity contribution is 7.81. The smallest absolute Gasteiger partial charge is 0.234 e. The first-order valence-electron chi connectivity index (χ1n) is 3.89. The van der Waals surface area contributed by atoms with Gasteiger partial charge in [0.15, 0.2) is 0 Å². The number of carbonyl (C=O) groups excluding carboxylic acids is 2. The quantitative estimate of drug-likeness (QED) is 0.318. The Bertz CT molecular complexity index is 274. The van der Waals surface area contributed by atoms with Crippen molar-refractivity contribution in [1.29, 1.82) is 0 Å². The molecule has 1 fully saturated rings. The van der Waals surface area contributed by atoms with Gasteiger partial charge in [0.25, 0.3) is 0 Å². The standard InChI is InChI=1S/C8H9NO2S/c10-7-4-2-1-3-5(12)6(4)8(11)9-7/h1-2,4-6,12H,3H2,(H,9,10,11). The van der Waals surface area contributed by atoms with Gasteiger partial charge in [0.2, 0.25) is 11.8 Å². The Morgan fingerprint density at radius 1 is 1.42 bits per heavy atom. The van der Waals surface area contributed by atoms with Gasteiger partial charge in [-0.25, -0.2) is 0 Å². The fourth-order valence-electron chi connectivity index (χ4n) is 1.75. The highest BCUT2D eigenvalue weighted by Crippen LogP contribution is 2.32. The van der Waals surface area contributed by atoms with Crippen LogP contribution in [0, 0.1) is 11.8 Å². The molecule has 0 radical (unpaired) electrons. The van der Waals surface area contributed by atoms with E-state index in [1.165, 1.54) is 0 Å². The molecule has 1 N–H and O–H groups in total. The first-order valence-corrected chi connectivity index (χ1v) is 4.41. The number of imide groups is 1. The van der Waals surface area contributed by atoms with Crippen molar-refractivity contribution in [3.63, 3.8) is 0 Å². The normalized spacial score (nSPS) is 39.6. The Kier molecular flexibility index (Phi) is 1.72. The van der Waals surface area contributed by atoms with E-state index in [2.05, 4.69) is 17.9 Å². The molecule has 4 heteroatoms. The molecule has 0 saturated carbocycles. The Morgan fingerprint density at radius 2 is 2.17 bits per heavy atom. The summed E-state index contributed by atoms with van der Waals surface area (Å²) in [6, 6.07) is 0. The van der Waals surface area contributed by atoms with Gasteiger partial charge in [-0.1, -0.05) is 12.2 Å². The summed E-state index contributed by atoms with van der Waals surface area (Å²) in [5, 5.41) is 2.30. The van der Waals surface area contributed by atoms with Crippen LogP contribution in [-0.2, 0) is 9.59 Å². The predicted octanol–water partition coefficient (Wildman–Crippen LogP) is 0.133. The molecule has 0 aromatic heterocycles. The van der Waals surface area contributed by atoms with Gasteiger partial charge in [-0.05, 0) is 6.42 Å². The summed E-state index contributed by atoms with van der Waals surface area (Å²) in [5.74, 6) is -0.867. The number of hydrogen-bond donors (Lipinski definition) is 2. The summed E-state index contributed by atoms with van der Waals surface area (Å²) >= 11 is 4.27. The lowest BCUT2D eigenvalue weighted by Crippen LogP contribution is -2.29. The van der Waals surface area contributed by atoms with Crippen molar-refractivity contribution in [2.75, 3.05) is 0 Å². The van der Waals surface area contributed by atoms with Crippen LogP contribution in [0.3, 0.4) is 0 Å². The highest BCUT2D eigenvalue weighted by atomic mass is 32.1. The van der Waals surface area contributed by atoms with E-state index in [4.69, 9.17) is 0 Å². The first-order chi connectivity index (χ1) is 5.70. The summed E-state index contributed by atoms with van der Waals surface area (Å²) in [7, 11) is 0. The van der Waals surface area contributed by atoms with Gasteiger partial charge in [-0.2, -0.15) is 12.6 Å². The molecule has 0 spiro atoms. The molecule has 3 atom stereocenters. The maximum Gasteiger partial charge on any atom is 0.234 e. The van der Waals surface area contributed by atoms with E-state index < -0.39 is 0 Å². The van der Waals surface area contributed by atoms with Gasteiger partial charge in [0.05, 0.1) is 11.8 Å². The minimum absolute atomic E-state index is 0.00792. The topological polar surface area (TPSA) is 46.2 Å². The molecule has 2 aliphatic rings. The number of nitrogens with one attached hydrogen (secondary N) is 1. The van der Waals surface area contributed by atoms with Crippen LogP contribution in [0.2, 0.25) is 0 Å². The van der Waals surface area contributed by atoms with Crippen molar-refractivity contribution in [3.8, 4) is 0 Å². The van der Waals surface area contributed by atoms with Gasteiger partial charge in [-0.3, -0.25) is 14.9 Å². The minimum atomic E-state index is -0.270. The largest absolute Gasteiger partial charge is 0.296 e. The summed E-state index contributed by atoms with van der Waals surface area (Å²) in [4.78, 5) is 22.4. The summed E-state index contributed by atoms with van der Waals surface area (Å²) in [6.45, 7) is 0. The van der Waals surface area contributed by atoms with Crippen LogP contribution in [0.4, 0.5) is 0 Å². The lowest BCUT2D eigenvalue weighted by atomic mass is 9.85. The molecule has 3 unspecified atom stereocenters. The monoisotopic (exact) mass is 183 g/mol. The lowest BCUT2D eigenvalue weighted by molar-refractivity contribution is -0.125. The number of rotatable bonds is 0. The summed E-state index contributed by atoms with van der Waals surface area (Å²) in [5.41, 5.74) is 0. The molecule has 0 bridgehead atoms. The molecule has 1 aliphatic carbocycles. The SMILES string of the molecule is O=C1NC(=O)C2C(S)CC=CC12. The van der Waals surface area contributed by atoms with Crippen molar-refractivity contribution >= 4 is 24.4 Å². The maximum atomic E-state index is 11.2. The second-order valence-electron chi connectivity index (χ2n) is 3.14. The van der Waals surface area contributed by atoms with Crippen LogP contribution in [0.1, 0.15) is 6.42 Å². The van der Waals surface area contributed by atoms with E-state index in [0.717, 1.165) is 6.42 Å². The number of hydrogen-bond acceptors (Lipinski definition) is 3. The van der Waals surface area contributed by atoms with Gasteiger partial charge >= 0.3 is 0 Å². The van der Waals surface area contributed by atoms with Crippen molar-refractivity contribution in [3.05, 3.63) is 12.2 Å². The Hall–Kier alpha value is -0.770. The molecule has 1 heterocycles. The average molecular weight is 183 g/mol. The van der Waals surface area contributed by atoms with Crippen LogP contribution in [0.5, 0.6) is 0 Å². The van der Waals surface area contributed by atoms with Crippen LogP contribution in [-0.4, -0.2) is 17.1 Å². The van der Waals surface area contributed by atoms with Crippen LogP contribution in [0.25, 0.3) is 0 Å². The molecular formula is C8H9NO2S. The number of amides is 2. The molecule has 1 saturated heterocycles. The highest BCUT2D eigenvalue weighted by Gasteiger charge is 2.44. The molecular weight excluding hydrogens is 174 g/mol. The van der Waals surface area contributed by atoms with E-state index in [1.54, 1.807) is 6.08 Å². The minimum Gasteiger partial charge on any atom is -0.296 e. The van der Waals surface area contributed by atoms with E-state index in [1.807, 2.05) is 6.08 Å². The number of allylic oxidation sites excluding steroid dienone is 1. The number of fused-ring (bicyclic) bond motifs is 1. The fraction of sp³-hybridized carbons (Fsp3) is 0.500. The second kappa shape index (κ2) is 2.62. The van der Waals surface area contributed by atoms with E-state index >= 15 is 0 Å². The molecule has 0 aromatic carbocycles. The predicted molar refractivity (Wildman–Crippen MR) is 46.7 cm³/mol. The summed E-state index contributed by atoms with van der Waals surface area (Å²) < 4.78 is 0. The van der Waals surface area contributed by atoms with Crippen LogP contribution in [0.15, 0.2) is 12.2 Å². The Labute approximate surface area is 75.6 Å². The third-order valence-electron chi connectivity index (χ3n) is 2.37.